The first kappa shape index (κ1) is 12.4. The minimum absolute atomic E-state index is 0.677. The number of nitrogens with one attached hydrogen (secondary N) is 2. The standard InChI is InChI=1S/C17H11N5/c18-10-12-4-1-3-11-9-13(6-7-14(11)12)20-17-16-15(21-22-17)5-2-8-19-16/h1-9H,(H2,20,21,22). The van der Waals surface area contributed by atoms with Crippen LogP contribution in [0.1, 0.15) is 5.56 Å². The second-order valence-electron chi connectivity index (χ2n) is 4.95. The summed E-state index contributed by atoms with van der Waals surface area (Å²) in [6.07, 6.45) is 1.74. The first-order chi connectivity index (χ1) is 10.8. The fraction of sp³-hybridized carbons (Fsp3) is 0. The number of H-pyrrole nitrogens is 1. The van der Waals surface area contributed by atoms with Crippen molar-refractivity contribution in [2.45, 2.75) is 0 Å². The number of pyridine rings is 1. The summed E-state index contributed by atoms with van der Waals surface area (Å²) in [5.41, 5.74) is 3.27. The predicted octanol–water partition coefficient (Wildman–Crippen LogP) is 3.73. The summed E-state index contributed by atoms with van der Waals surface area (Å²) < 4.78 is 0. The topological polar surface area (TPSA) is 77.4 Å². The van der Waals surface area contributed by atoms with Crippen LogP contribution in [0.25, 0.3) is 21.8 Å². The quantitative estimate of drug-likeness (QED) is 0.588. The van der Waals surface area contributed by atoms with Crippen molar-refractivity contribution in [2.75, 3.05) is 5.32 Å². The van der Waals surface area contributed by atoms with E-state index in [0.29, 0.717) is 11.4 Å². The Morgan fingerprint density at radius 1 is 1.09 bits per heavy atom. The van der Waals surface area contributed by atoms with Gasteiger partial charge in [-0.25, -0.2) is 0 Å². The maximum atomic E-state index is 9.14. The maximum Gasteiger partial charge on any atom is 0.178 e. The zero-order valence-corrected chi connectivity index (χ0v) is 11.5. The zero-order chi connectivity index (χ0) is 14.9. The summed E-state index contributed by atoms with van der Waals surface area (Å²) in [4.78, 5) is 4.33. The predicted molar refractivity (Wildman–Crippen MR) is 85.8 cm³/mol. The third kappa shape index (κ3) is 1.95. The number of aromatic amines is 1. The van der Waals surface area contributed by atoms with E-state index in [9.17, 15) is 0 Å². The lowest BCUT2D eigenvalue weighted by Gasteiger charge is -2.06. The Morgan fingerprint density at radius 2 is 2.05 bits per heavy atom. The molecule has 2 aromatic carbocycles. The molecule has 5 heteroatoms. The number of rotatable bonds is 2. The third-order valence-corrected chi connectivity index (χ3v) is 3.58. The highest BCUT2D eigenvalue weighted by atomic mass is 15.2. The summed E-state index contributed by atoms with van der Waals surface area (Å²) >= 11 is 0. The molecule has 0 saturated heterocycles. The molecule has 4 aromatic rings. The molecule has 0 aliphatic carbocycles. The Bertz CT molecular complexity index is 1030. The average molecular weight is 285 g/mol. The van der Waals surface area contributed by atoms with E-state index >= 15 is 0 Å². The molecule has 0 amide bonds. The van der Waals surface area contributed by atoms with Gasteiger partial charge in [-0.15, -0.1) is 0 Å². The normalized spacial score (nSPS) is 10.7. The van der Waals surface area contributed by atoms with Crippen LogP contribution in [-0.2, 0) is 0 Å². The zero-order valence-electron chi connectivity index (χ0n) is 11.5. The lowest BCUT2D eigenvalue weighted by molar-refractivity contribution is 1.12. The van der Waals surface area contributed by atoms with Gasteiger partial charge in [0, 0.05) is 11.9 Å². The second-order valence-corrected chi connectivity index (χ2v) is 4.95. The Labute approximate surface area is 126 Å². The molecule has 0 aliphatic rings. The van der Waals surface area contributed by atoms with Crippen molar-refractivity contribution in [1.29, 1.82) is 5.26 Å². The van der Waals surface area contributed by atoms with Gasteiger partial charge in [-0.1, -0.05) is 18.2 Å². The molecule has 0 spiro atoms. The Hall–Kier alpha value is -3.39. The van der Waals surface area contributed by atoms with E-state index in [4.69, 9.17) is 5.26 Å². The number of hydrogen-bond donors (Lipinski definition) is 2. The number of aromatic nitrogens is 3. The van der Waals surface area contributed by atoms with Crippen molar-refractivity contribution in [2.24, 2.45) is 0 Å². The van der Waals surface area contributed by atoms with Crippen LogP contribution in [0.5, 0.6) is 0 Å². The van der Waals surface area contributed by atoms with E-state index in [1.807, 2.05) is 48.5 Å². The molecule has 0 bridgehead atoms. The molecule has 2 aromatic heterocycles. The van der Waals surface area contributed by atoms with Gasteiger partial charge in [-0.3, -0.25) is 10.1 Å². The summed E-state index contributed by atoms with van der Waals surface area (Å²) in [6.45, 7) is 0. The fourth-order valence-corrected chi connectivity index (χ4v) is 2.54. The van der Waals surface area contributed by atoms with Crippen molar-refractivity contribution in [3.05, 3.63) is 60.3 Å². The average Bonchev–Trinajstić information content (AvgIpc) is 2.97. The van der Waals surface area contributed by atoms with Crippen molar-refractivity contribution < 1.29 is 0 Å². The summed E-state index contributed by atoms with van der Waals surface area (Å²) in [5.74, 6) is 0.686. The van der Waals surface area contributed by atoms with Crippen LogP contribution in [0.2, 0.25) is 0 Å². The van der Waals surface area contributed by atoms with Gasteiger partial charge in [0.15, 0.2) is 5.82 Å². The van der Waals surface area contributed by atoms with Crippen molar-refractivity contribution >= 4 is 33.3 Å². The van der Waals surface area contributed by atoms with Crippen LogP contribution < -0.4 is 5.32 Å². The van der Waals surface area contributed by atoms with Gasteiger partial charge in [0.25, 0.3) is 0 Å². The van der Waals surface area contributed by atoms with Crippen LogP contribution in [-0.4, -0.2) is 15.2 Å². The molecule has 22 heavy (non-hydrogen) atoms. The van der Waals surface area contributed by atoms with Gasteiger partial charge in [-0.2, -0.15) is 10.4 Å². The Morgan fingerprint density at radius 3 is 2.95 bits per heavy atom. The molecule has 5 nitrogen and oxygen atoms in total. The molecule has 0 unspecified atom stereocenters. The monoisotopic (exact) mass is 285 g/mol. The number of nitrogens with zero attached hydrogens (tertiary/aromatic N) is 3. The van der Waals surface area contributed by atoms with Crippen LogP contribution in [0.15, 0.2) is 54.7 Å². The van der Waals surface area contributed by atoms with Crippen molar-refractivity contribution in [3.63, 3.8) is 0 Å². The van der Waals surface area contributed by atoms with Gasteiger partial charge in [0.05, 0.1) is 17.1 Å². The molecule has 2 heterocycles. The van der Waals surface area contributed by atoms with E-state index in [2.05, 4.69) is 26.6 Å². The second kappa shape index (κ2) is 4.86. The number of benzene rings is 2. The minimum atomic E-state index is 0.677. The minimum Gasteiger partial charge on any atom is -0.337 e. The van der Waals surface area contributed by atoms with E-state index < -0.39 is 0 Å². The molecule has 0 atom stereocenters. The largest absolute Gasteiger partial charge is 0.337 e. The van der Waals surface area contributed by atoms with E-state index in [-0.39, 0.29) is 0 Å². The van der Waals surface area contributed by atoms with Gasteiger partial charge >= 0.3 is 0 Å². The number of hydrogen-bond acceptors (Lipinski definition) is 4. The summed E-state index contributed by atoms with van der Waals surface area (Å²) in [7, 11) is 0. The molecular formula is C17H11N5. The number of fused-ring (bicyclic) bond motifs is 2. The Kier molecular flexibility index (Phi) is 2.73. The van der Waals surface area contributed by atoms with Crippen molar-refractivity contribution in [1.82, 2.24) is 15.2 Å². The van der Waals surface area contributed by atoms with Crippen LogP contribution in [0, 0.1) is 11.3 Å². The highest BCUT2D eigenvalue weighted by Gasteiger charge is 2.07. The SMILES string of the molecule is N#Cc1cccc2cc(Nc3n[nH]c4cccnc34)ccc12. The lowest BCUT2D eigenvalue weighted by Crippen LogP contribution is -1.92. The number of nitriles is 1. The van der Waals surface area contributed by atoms with Crippen LogP contribution >= 0.6 is 0 Å². The van der Waals surface area contributed by atoms with Gasteiger partial charge in [-0.05, 0) is 41.1 Å². The maximum absolute atomic E-state index is 9.14. The molecule has 4 rings (SSSR count). The van der Waals surface area contributed by atoms with E-state index in [1.54, 1.807) is 6.20 Å². The summed E-state index contributed by atoms with van der Waals surface area (Å²) in [5, 5.41) is 21.6. The molecule has 0 fully saturated rings. The van der Waals surface area contributed by atoms with Crippen LogP contribution in [0.3, 0.4) is 0 Å². The summed E-state index contributed by atoms with van der Waals surface area (Å²) in [6, 6.07) is 17.6. The Balaban J connectivity index is 1.77. The van der Waals surface area contributed by atoms with E-state index in [0.717, 1.165) is 27.5 Å². The molecule has 104 valence electrons. The highest BCUT2D eigenvalue weighted by molar-refractivity contribution is 5.92. The third-order valence-electron chi connectivity index (χ3n) is 3.58. The lowest BCUT2D eigenvalue weighted by atomic mass is 10.0. The molecular weight excluding hydrogens is 274 g/mol. The van der Waals surface area contributed by atoms with E-state index in [1.165, 1.54) is 0 Å². The van der Waals surface area contributed by atoms with Gasteiger partial charge in [0.1, 0.15) is 5.52 Å². The van der Waals surface area contributed by atoms with Gasteiger partial charge < -0.3 is 5.32 Å². The first-order valence-corrected chi connectivity index (χ1v) is 6.84. The van der Waals surface area contributed by atoms with Crippen LogP contribution in [0.4, 0.5) is 11.5 Å². The highest BCUT2D eigenvalue weighted by Crippen LogP contribution is 2.26. The first-order valence-electron chi connectivity index (χ1n) is 6.84. The number of anilines is 2. The smallest absolute Gasteiger partial charge is 0.178 e. The molecule has 0 saturated carbocycles. The molecule has 2 N–H and O–H groups in total. The van der Waals surface area contributed by atoms with Gasteiger partial charge in [0.2, 0.25) is 0 Å². The molecule has 0 radical (unpaired) electrons. The molecule has 0 aliphatic heterocycles. The van der Waals surface area contributed by atoms with Crippen molar-refractivity contribution in [3.8, 4) is 6.07 Å². The fourth-order valence-electron chi connectivity index (χ4n) is 2.54.